The van der Waals surface area contributed by atoms with E-state index in [1.165, 1.54) is 0 Å². The van der Waals surface area contributed by atoms with Gasteiger partial charge in [-0.1, -0.05) is 55.1 Å². The average molecular weight is 518 g/mol. The van der Waals surface area contributed by atoms with Crippen LogP contribution in [0, 0.1) is 0 Å². The molecule has 1 atom stereocenters. The van der Waals surface area contributed by atoms with E-state index in [0.29, 0.717) is 26.9 Å². The fraction of sp³-hybridized carbons (Fsp3) is 0.385. The van der Waals surface area contributed by atoms with Crippen LogP contribution in [0.15, 0.2) is 47.5 Å². The van der Waals surface area contributed by atoms with E-state index >= 15 is 0 Å². The van der Waals surface area contributed by atoms with Gasteiger partial charge in [0.25, 0.3) is 11.8 Å². The summed E-state index contributed by atoms with van der Waals surface area (Å²) < 4.78 is 0. The predicted molar refractivity (Wildman–Crippen MR) is 137 cm³/mol. The van der Waals surface area contributed by atoms with Gasteiger partial charge in [-0.15, -0.1) is 0 Å². The van der Waals surface area contributed by atoms with Gasteiger partial charge in [0.15, 0.2) is 0 Å². The maximum absolute atomic E-state index is 13.7. The standard InChI is InChI=1S/C26H29Cl2N3O4/c1-4-5-6-21(16-7-9-17(10-8-16)24(34)29-12-11-22(32)33)31-25(35)23(30-26(31,2)3)18-13-19(27)15-20(28)14-18/h7-10,13-15,21H,4-6,11-12H2,1-3H3,(H,29,34)(H,32,33)/t21-/m1/s1. The van der Waals surface area contributed by atoms with Crippen LogP contribution in [0.25, 0.3) is 0 Å². The number of hydrogen-bond donors (Lipinski definition) is 2. The number of hydrogen-bond acceptors (Lipinski definition) is 4. The van der Waals surface area contributed by atoms with Crippen LogP contribution in [-0.2, 0) is 9.59 Å². The van der Waals surface area contributed by atoms with Crippen molar-refractivity contribution in [1.82, 2.24) is 10.2 Å². The van der Waals surface area contributed by atoms with Gasteiger partial charge in [0.05, 0.1) is 12.5 Å². The van der Waals surface area contributed by atoms with E-state index < -0.39 is 11.6 Å². The molecule has 1 aliphatic rings. The van der Waals surface area contributed by atoms with Crippen LogP contribution in [-0.4, -0.2) is 45.7 Å². The van der Waals surface area contributed by atoms with E-state index in [2.05, 4.69) is 12.2 Å². The van der Waals surface area contributed by atoms with Gasteiger partial charge in [-0.3, -0.25) is 19.4 Å². The van der Waals surface area contributed by atoms with Gasteiger partial charge >= 0.3 is 5.97 Å². The molecule has 35 heavy (non-hydrogen) atoms. The van der Waals surface area contributed by atoms with E-state index in [1.54, 1.807) is 35.2 Å². The molecule has 0 aromatic heterocycles. The number of aliphatic carboxylic acids is 1. The molecule has 2 N–H and O–H groups in total. The van der Waals surface area contributed by atoms with E-state index in [-0.39, 0.29) is 30.8 Å². The second-order valence-electron chi connectivity index (χ2n) is 8.97. The van der Waals surface area contributed by atoms with Crippen LogP contribution in [0.4, 0.5) is 0 Å². The summed E-state index contributed by atoms with van der Waals surface area (Å²) in [5.41, 5.74) is 1.40. The van der Waals surface area contributed by atoms with Gasteiger partial charge in [0.1, 0.15) is 11.4 Å². The van der Waals surface area contributed by atoms with Gasteiger partial charge in [-0.2, -0.15) is 0 Å². The smallest absolute Gasteiger partial charge is 0.305 e. The Bertz CT molecular complexity index is 1130. The molecule has 0 spiro atoms. The van der Waals surface area contributed by atoms with Crippen molar-refractivity contribution in [3.63, 3.8) is 0 Å². The normalized spacial score (nSPS) is 15.6. The average Bonchev–Trinajstić information content (AvgIpc) is 3.02. The summed E-state index contributed by atoms with van der Waals surface area (Å²) >= 11 is 12.3. The summed E-state index contributed by atoms with van der Waals surface area (Å²) in [6, 6.07) is 11.8. The third-order valence-electron chi connectivity index (χ3n) is 5.86. The van der Waals surface area contributed by atoms with Crippen LogP contribution < -0.4 is 5.32 Å². The van der Waals surface area contributed by atoms with E-state index in [1.807, 2.05) is 26.0 Å². The second-order valence-corrected chi connectivity index (χ2v) is 9.84. The summed E-state index contributed by atoms with van der Waals surface area (Å²) in [6.45, 7) is 5.94. The summed E-state index contributed by atoms with van der Waals surface area (Å²) in [5.74, 6) is -1.52. The topological polar surface area (TPSA) is 99.1 Å². The van der Waals surface area contributed by atoms with Crippen molar-refractivity contribution in [1.29, 1.82) is 0 Å². The molecular weight excluding hydrogens is 489 g/mol. The third kappa shape index (κ3) is 6.41. The summed E-state index contributed by atoms with van der Waals surface area (Å²) in [6.07, 6.45) is 2.45. The van der Waals surface area contributed by atoms with Crippen molar-refractivity contribution >= 4 is 46.7 Å². The van der Waals surface area contributed by atoms with E-state index in [9.17, 15) is 14.4 Å². The highest BCUT2D eigenvalue weighted by atomic mass is 35.5. The molecular formula is C26H29Cl2N3O4. The summed E-state index contributed by atoms with van der Waals surface area (Å²) in [5, 5.41) is 12.2. The number of halogens is 2. The molecule has 0 fully saturated rings. The molecule has 0 aliphatic carbocycles. The van der Waals surface area contributed by atoms with Gasteiger partial charge in [0, 0.05) is 27.7 Å². The number of aliphatic imine (C=N–C) groups is 1. The lowest BCUT2D eigenvalue weighted by atomic mass is 9.95. The first-order valence-electron chi connectivity index (χ1n) is 11.5. The summed E-state index contributed by atoms with van der Waals surface area (Å²) in [4.78, 5) is 43.2. The van der Waals surface area contributed by atoms with Crippen molar-refractivity contribution in [2.75, 3.05) is 6.54 Å². The van der Waals surface area contributed by atoms with Crippen LogP contribution in [0.5, 0.6) is 0 Å². The number of carbonyl (C=O) groups is 3. The number of carbonyl (C=O) groups excluding carboxylic acids is 2. The zero-order valence-electron chi connectivity index (χ0n) is 20.0. The molecule has 1 aliphatic heterocycles. The lowest BCUT2D eigenvalue weighted by molar-refractivity contribution is -0.136. The number of amides is 2. The monoisotopic (exact) mass is 517 g/mol. The highest BCUT2D eigenvalue weighted by Crippen LogP contribution is 2.38. The van der Waals surface area contributed by atoms with Crippen LogP contribution in [0.1, 0.15) is 74.0 Å². The molecule has 1 heterocycles. The molecule has 186 valence electrons. The number of rotatable bonds is 10. The Hall–Kier alpha value is -2.90. The number of benzene rings is 2. The molecule has 0 saturated carbocycles. The number of unbranched alkanes of at least 4 members (excludes halogenated alkanes) is 1. The summed E-state index contributed by atoms with van der Waals surface area (Å²) in [7, 11) is 0. The van der Waals surface area contributed by atoms with Crippen molar-refractivity contribution in [2.45, 2.75) is 58.2 Å². The van der Waals surface area contributed by atoms with Crippen LogP contribution >= 0.6 is 23.2 Å². The van der Waals surface area contributed by atoms with Crippen LogP contribution in [0.2, 0.25) is 10.0 Å². The van der Waals surface area contributed by atoms with Gasteiger partial charge in [-0.05, 0) is 56.2 Å². The largest absolute Gasteiger partial charge is 0.481 e. The Kier molecular flexibility index (Phi) is 8.56. The van der Waals surface area contributed by atoms with Gasteiger partial charge < -0.3 is 15.3 Å². The molecule has 2 aromatic rings. The maximum atomic E-state index is 13.7. The zero-order chi connectivity index (χ0) is 25.8. The molecule has 0 unspecified atom stereocenters. The number of carboxylic acid groups (broad SMARTS) is 1. The Morgan fingerprint density at radius 1 is 1.11 bits per heavy atom. The Morgan fingerprint density at radius 3 is 2.31 bits per heavy atom. The molecule has 2 amide bonds. The highest BCUT2D eigenvalue weighted by Gasteiger charge is 2.44. The van der Waals surface area contributed by atoms with Gasteiger partial charge in [0.2, 0.25) is 0 Å². The lowest BCUT2D eigenvalue weighted by Crippen LogP contribution is -2.45. The first-order chi connectivity index (χ1) is 16.5. The zero-order valence-corrected chi connectivity index (χ0v) is 21.5. The Labute approximate surface area is 215 Å². The van der Waals surface area contributed by atoms with E-state index in [4.69, 9.17) is 33.3 Å². The fourth-order valence-corrected chi connectivity index (χ4v) is 4.75. The Balaban J connectivity index is 1.88. The van der Waals surface area contributed by atoms with Crippen LogP contribution in [0.3, 0.4) is 0 Å². The number of nitrogens with zero attached hydrogens (tertiary/aromatic N) is 2. The third-order valence-corrected chi connectivity index (χ3v) is 6.29. The van der Waals surface area contributed by atoms with E-state index in [0.717, 1.165) is 24.8 Å². The van der Waals surface area contributed by atoms with Crippen molar-refractivity contribution in [3.05, 3.63) is 69.2 Å². The van der Waals surface area contributed by atoms with Crippen molar-refractivity contribution in [3.8, 4) is 0 Å². The molecule has 0 radical (unpaired) electrons. The Morgan fingerprint density at radius 2 is 1.74 bits per heavy atom. The number of nitrogens with one attached hydrogen (secondary N) is 1. The SMILES string of the molecule is CCCC[C@H](c1ccc(C(=O)NCCC(=O)O)cc1)N1C(=O)C(c2cc(Cl)cc(Cl)c2)=NC1(C)C. The molecule has 7 nitrogen and oxygen atoms in total. The predicted octanol–water partition coefficient (Wildman–Crippen LogP) is 5.50. The van der Waals surface area contributed by atoms with Crippen molar-refractivity contribution < 1.29 is 19.5 Å². The second kappa shape index (κ2) is 11.2. The highest BCUT2D eigenvalue weighted by molar-refractivity contribution is 6.47. The molecule has 0 saturated heterocycles. The van der Waals surface area contributed by atoms with Crippen molar-refractivity contribution in [2.24, 2.45) is 4.99 Å². The lowest BCUT2D eigenvalue weighted by Gasteiger charge is -2.37. The molecule has 3 rings (SSSR count). The minimum absolute atomic E-state index is 0.0547. The molecule has 0 bridgehead atoms. The maximum Gasteiger partial charge on any atom is 0.305 e. The number of carboxylic acids is 1. The quantitative estimate of drug-likeness (QED) is 0.434. The first-order valence-corrected chi connectivity index (χ1v) is 12.3. The molecule has 2 aromatic carbocycles. The molecule has 9 heteroatoms. The minimum Gasteiger partial charge on any atom is -0.481 e. The fourth-order valence-electron chi connectivity index (χ4n) is 4.22. The van der Waals surface area contributed by atoms with Gasteiger partial charge in [-0.25, -0.2) is 0 Å². The minimum atomic E-state index is -0.973. The first kappa shape index (κ1) is 26.7.